The van der Waals surface area contributed by atoms with Gasteiger partial charge >= 0.3 is 0 Å². The van der Waals surface area contributed by atoms with Gasteiger partial charge in [0.15, 0.2) is 0 Å². The number of amides is 1. The highest BCUT2D eigenvalue weighted by molar-refractivity contribution is 9.10. The van der Waals surface area contributed by atoms with E-state index in [1.165, 1.54) is 0 Å². The molecule has 2 aromatic carbocycles. The van der Waals surface area contributed by atoms with Gasteiger partial charge in [-0.25, -0.2) is 0 Å². The summed E-state index contributed by atoms with van der Waals surface area (Å²) in [5.41, 5.74) is 7.76. The second-order valence-corrected chi connectivity index (χ2v) is 6.17. The van der Waals surface area contributed by atoms with Crippen LogP contribution in [-0.4, -0.2) is 23.9 Å². The highest BCUT2D eigenvalue weighted by atomic mass is 79.9. The van der Waals surface area contributed by atoms with E-state index >= 15 is 0 Å². The molecule has 2 aromatic rings. The predicted molar refractivity (Wildman–Crippen MR) is 101 cm³/mol. The summed E-state index contributed by atoms with van der Waals surface area (Å²) in [5, 5.41) is 0. The predicted octanol–water partition coefficient (Wildman–Crippen LogP) is 3.79. The van der Waals surface area contributed by atoms with Gasteiger partial charge in [-0.3, -0.25) is 4.79 Å². The maximum atomic E-state index is 12.6. The Bertz CT molecular complexity index is 607. The summed E-state index contributed by atoms with van der Waals surface area (Å²) in [5.74, 6) is 0.135. The van der Waals surface area contributed by atoms with Crippen LogP contribution < -0.4 is 5.73 Å². The average molecular weight is 398 g/mol. The van der Waals surface area contributed by atoms with Crippen molar-refractivity contribution in [3.8, 4) is 0 Å². The van der Waals surface area contributed by atoms with Gasteiger partial charge in [0.2, 0.25) is 5.91 Å². The third-order valence-electron chi connectivity index (χ3n) is 3.45. The van der Waals surface area contributed by atoms with Gasteiger partial charge in [-0.05, 0) is 36.2 Å². The molecule has 2 rings (SSSR count). The minimum atomic E-state index is 0. The molecule has 0 bridgehead atoms. The highest BCUT2D eigenvalue weighted by Gasteiger charge is 2.14. The lowest BCUT2D eigenvalue weighted by molar-refractivity contribution is -0.131. The Morgan fingerprint density at radius 1 is 1.04 bits per heavy atom. The first-order valence-corrected chi connectivity index (χ1v) is 8.24. The van der Waals surface area contributed by atoms with Crippen molar-refractivity contribution in [2.45, 2.75) is 19.4 Å². The molecule has 124 valence electrons. The second kappa shape index (κ2) is 10.4. The quantitative estimate of drug-likeness (QED) is 0.772. The van der Waals surface area contributed by atoms with Gasteiger partial charge in [0, 0.05) is 17.6 Å². The summed E-state index contributed by atoms with van der Waals surface area (Å²) >= 11 is 3.44. The number of hydrogen-bond acceptors (Lipinski definition) is 2. The van der Waals surface area contributed by atoms with E-state index in [4.69, 9.17) is 5.73 Å². The average Bonchev–Trinajstić information content (AvgIpc) is 2.52. The van der Waals surface area contributed by atoms with Crippen LogP contribution in [0.4, 0.5) is 0 Å². The van der Waals surface area contributed by atoms with E-state index in [-0.39, 0.29) is 18.3 Å². The van der Waals surface area contributed by atoms with Crippen LogP contribution >= 0.6 is 28.3 Å². The first-order valence-electron chi connectivity index (χ1n) is 7.45. The van der Waals surface area contributed by atoms with E-state index in [2.05, 4.69) is 15.9 Å². The topological polar surface area (TPSA) is 46.3 Å². The molecule has 2 N–H and O–H groups in total. The minimum Gasteiger partial charge on any atom is -0.338 e. The number of nitrogens with two attached hydrogens (primary N) is 1. The molecule has 0 aliphatic heterocycles. The number of carbonyl (C=O) groups is 1. The molecule has 0 aliphatic rings. The minimum absolute atomic E-state index is 0. The fourth-order valence-corrected chi connectivity index (χ4v) is 2.76. The molecule has 0 heterocycles. The molecule has 0 atom stereocenters. The fourth-order valence-electron chi connectivity index (χ4n) is 2.31. The Kier molecular flexibility index (Phi) is 8.92. The Morgan fingerprint density at radius 3 is 2.39 bits per heavy atom. The van der Waals surface area contributed by atoms with E-state index in [0.717, 1.165) is 22.0 Å². The van der Waals surface area contributed by atoms with Gasteiger partial charge in [-0.2, -0.15) is 0 Å². The van der Waals surface area contributed by atoms with Crippen LogP contribution in [-0.2, 0) is 17.8 Å². The van der Waals surface area contributed by atoms with Crippen LogP contribution in [0.1, 0.15) is 17.5 Å². The Morgan fingerprint density at radius 2 is 1.74 bits per heavy atom. The van der Waals surface area contributed by atoms with Crippen molar-refractivity contribution in [2.24, 2.45) is 5.73 Å². The van der Waals surface area contributed by atoms with Crippen LogP contribution in [0.5, 0.6) is 0 Å². The lowest BCUT2D eigenvalue weighted by Gasteiger charge is -2.23. The lowest BCUT2D eigenvalue weighted by atomic mass is 10.1. The van der Waals surface area contributed by atoms with Crippen LogP contribution in [0.25, 0.3) is 0 Å². The second-order valence-electron chi connectivity index (χ2n) is 5.25. The number of benzene rings is 2. The van der Waals surface area contributed by atoms with E-state index in [9.17, 15) is 4.79 Å². The van der Waals surface area contributed by atoms with Crippen LogP contribution in [0, 0.1) is 0 Å². The van der Waals surface area contributed by atoms with Gasteiger partial charge < -0.3 is 10.6 Å². The molecule has 0 spiro atoms. The first kappa shape index (κ1) is 19.7. The Hall–Kier alpha value is -1.36. The van der Waals surface area contributed by atoms with E-state index in [1.807, 2.05) is 59.5 Å². The molecular formula is C18H22BrClN2O. The van der Waals surface area contributed by atoms with Gasteiger partial charge in [-0.1, -0.05) is 58.4 Å². The lowest BCUT2D eigenvalue weighted by Crippen LogP contribution is -2.33. The molecule has 0 fully saturated rings. The smallest absolute Gasteiger partial charge is 0.227 e. The molecule has 1 amide bonds. The zero-order valence-corrected chi connectivity index (χ0v) is 15.4. The summed E-state index contributed by atoms with van der Waals surface area (Å²) in [7, 11) is 0. The molecule has 23 heavy (non-hydrogen) atoms. The zero-order valence-electron chi connectivity index (χ0n) is 13.0. The standard InChI is InChI=1S/C18H21BrN2O.ClH/c19-17-9-4-8-16(12-17)13-18(22)21(11-5-10-20)14-15-6-2-1-3-7-15;/h1-4,6-9,12H,5,10-11,13-14,20H2;1H. The number of halogens is 2. The van der Waals surface area contributed by atoms with Crippen molar-refractivity contribution in [3.05, 3.63) is 70.2 Å². The molecule has 0 saturated carbocycles. The van der Waals surface area contributed by atoms with Gasteiger partial charge in [0.05, 0.1) is 6.42 Å². The highest BCUT2D eigenvalue weighted by Crippen LogP contribution is 2.14. The van der Waals surface area contributed by atoms with Crippen molar-refractivity contribution in [1.82, 2.24) is 4.90 Å². The number of hydrogen-bond donors (Lipinski definition) is 1. The number of nitrogens with zero attached hydrogens (tertiary/aromatic N) is 1. The van der Waals surface area contributed by atoms with Crippen molar-refractivity contribution in [2.75, 3.05) is 13.1 Å². The third-order valence-corrected chi connectivity index (χ3v) is 3.94. The molecule has 0 unspecified atom stereocenters. The number of rotatable bonds is 7. The largest absolute Gasteiger partial charge is 0.338 e. The van der Waals surface area contributed by atoms with E-state index in [0.29, 0.717) is 26.1 Å². The van der Waals surface area contributed by atoms with Crippen LogP contribution in [0.15, 0.2) is 59.1 Å². The molecule has 5 heteroatoms. The fraction of sp³-hybridized carbons (Fsp3) is 0.278. The Balaban J connectivity index is 0.00000264. The molecule has 3 nitrogen and oxygen atoms in total. The van der Waals surface area contributed by atoms with E-state index in [1.54, 1.807) is 0 Å². The SMILES string of the molecule is Cl.NCCCN(Cc1ccccc1)C(=O)Cc1cccc(Br)c1. The van der Waals surface area contributed by atoms with Crippen molar-refractivity contribution >= 4 is 34.2 Å². The molecular weight excluding hydrogens is 376 g/mol. The Labute approximate surface area is 152 Å². The molecule has 0 radical (unpaired) electrons. The van der Waals surface area contributed by atoms with Crippen molar-refractivity contribution < 1.29 is 4.79 Å². The van der Waals surface area contributed by atoms with Crippen LogP contribution in [0.3, 0.4) is 0 Å². The first-order chi connectivity index (χ1) is 10.7. The summed E-state index contributed by atoms with van der Waals surface area (Å²) < 4.78 is 0.995. The maximum Gasteiger partial charge on any atom is 0.227 e. The monoisotopic (exact) mass is 396 g/mol. The maximum absolute atomic E-state index is 12.6. The summed E-state index contributed by atoms with van der Waals surface area (Å²) in [6.07, 6.45) is 1.23. The third kappa shape index (κ3) is 6.73. The van der Waals surface area contributed by atoms with E-state index < -0.39 is 0 Å². The van der Waals surface area contributed by atoms with Crippen LogP contribution in [0.2, 0.25) is 0 Å². The van der Waals surface area contributed by atoms with Gasteiger partial charge in [0.25, 0.3) is 0 Å². The molecule has 0 saturated heterocycles. The van der Waals surface area contributed by atoms with Crippen molar-refractivity contribution in [1.29, 1.82) is 0 Å². The van der Waals surface area contributed by atoms with Crippen molar-refractivity contribution in [3.63, 3.8) is 0 Å². The van der Waals surface area contributed by atoms with Gasteiger partial charge in [-0.15, -0.1) is 12.4 Å². The summed E-state index contributed by atoms with van der Waals surface area (Å²) in [6.45, 7) is 1.92. The number of carbonyl (C=O) groups excluding carboxylic acids is 1. The van der Waals surface area contributed by atoms with Gasteiger partial charge in [0.1, 0.15) is 0 Å². The molecule has 0 aromatic heterocycles. The zero-order chi connectivity index (χ0) is 15.8. The molecule has 0 aliphatic carbocycles. The summed E-state index contributed by atoms with van der Waals surface area (Å²) in [6, 6.07) is 17.9. The summed E-state index contributed by atoms with van der Waals surface area (Å²) in [4.78, 5) is 14.5. The normalized spacial score (nSPS) is 10.0.